The Morgan fingerprint density at radius 3 is 2.31 bits per heavy atom. The molecule has 0 radical (unpaired) electrons. The van der Waals surface area contributed by atoms with E-state index in [-0.39, 0.29) is 17.9 Å². The third kappa shape index (κ3) is 8.08. The number of aliphatic hydroxyl groups is 1. The van der Waals surface area contributed by atoms with Gasteiger partial charge in [-0.15, -0.1) is 0 Å². The third-order valence-corrected chi connectivity index (χ3v) is 8.56. The van der Waals surface area contributed by atoms with Crippen molar-refractivity contribution >= 4 is 23.9 Å². The number of ether oxygens (including phenoxy) is 3. The minimum Gasteiger partial charge on any atom is -0.490 e. The van der Waals surface area contributed by atoms with Gasteiger partial charge in [0.05, 0.1) is 47.9 Å². The number of carbonyl (C=O) groups is 2. The zero-order chi connectivity index (χ0) is 38.2. The molecule has 0 fully saturated rings. The Morgan fingerprint density at radius 1 is 0.981 bits per heavy atom. The number of non-ortho nitro benzene ring substituents is 1. The van der Waals surface area contributed by atoms with Gasteiger partial charge >= 0.3 is 12.0 Å². The van der Waals surface area contributed by atoms with Crippen LogP contribution in [0.4, 0.5) is 10.5 Å². The summed E-state index contributed by atoms with van der Waals surface area (Å²) >= 11 is 0. The number of esters is 1. The van der Waals surface area contributed by atoms with Gasteiger partial charge in [-0.3, -0.25) is 15.5 Å². The Balaban J connectivity index is 1.25. The lowest BCUT2D eigenvalue weighted by atomic mass is 9.95. The van der Waals surface area contributed by atoms with Crippen molar-refractivity contribution in [1.29, 1.82) is 0 Å². The third-order valence-electron chi connectivity index (χ3n) is 8.56. The summed E-state index contributed by atoms with van der Waals surface area (Å²) in [6.07, 6.45) is 0.364. The number of nitrogens with zero attached hydrogens (tertiary/aromatic N) is 3. The summed E-state index contributed by atoms with van der Waals surface area (Å²) in [7, 11) is 1.27. The second-order valence-corrected chi connectivity index (χ2v) is 12.1. The molecule has 2 atom stereocenters. The van der Waals surface area contributed by atoms with Crippen LogP contribution in [0.5, 0.6) is 11.5 Å². The van der Waals surface area contributed by atoms with Crippen LogP contribution < -0.4 is 25.5 Å². The predicted molar refractivity (Wildman–Crippen MR) is 202 cm³/mol. The van der Waals surface area contributed by atoms with Crippen LogP contribution >= 0.6 is 0 Å². The van der Waals surface area contributed by atoms with Gasteiger partial charge in [0.2, 0.25) is 0 Å². The van der Waals surface area contributed by atoms with Gasteiger partial charge in [0, 0.05) is 29.1 Å². The number of hydrogen-bond acceptors (Lipinski definition) is 10. The minimum absolute atomic E-state index is 0.0184. The fourth-order valence-electron chi connectivity index (χ4n) is 6.15. The van der Waals surface area contributed by atoms with Gasteiger partial charge in [-0.25, -0.2) is 9.59 Å². The molecule has 54 heavy (non-hydrogen) atoms. The quantitative estimate of drug-likeness (QED) is 0.0338. The molecule has 1 aliphatic rings. The highest BCUT2D eigenvalue weighted by atomic mass is 16.6. The van der Waals surface area contributed by atoms with E-state index in [1.807, 2.05) is 71.3 Å². The molecule has 276 valence electrons. The van der Waals surface area contributed by atoms with E-state index in [9.17, 15) is 24.8 Å². The van der Waals surface area contributed by atoms with Crippen LogP contribution in [0.15, 0.2) is 126 Å². The molecule has 4 N–H and O–H groups in total. The Kier molecular flexibility index (Phi) is 11.3. The zero-order valence-corrected chi connectivity index (χ0v) is 29.7. The number of allylic oxidation sites excluding steroid dienone is 1. The Morgan fingerprint density at radius 2 is 1.67 bits per heavy atom. The number of urea groups is 1. The van der Waals surface area contributed by atoms with Crippen molar-refractivity contribution in [2.24, 2.45) is 5.10 Å². The van der Waals surface area contributed by atoms with Crippen LogP contribution in [0, 0.1) is 10.1 Å². The molecule has 0 unspecified atom stereocenters. The van der Waals surface area contributed by atoms with Gasteiger partial charge < -0.3 is 34.5 Å². The van der Waals surface area contributed by atoms with Crippen molar-refractivity contribution in [3.05, 3.63) is 142 Å². The number of benzene rings is 4. The van der Waals surface area contributed by atoms with Crippen molar-refractivity contribution in [2.45, 2.75) is 26.1 Å². The molecule has 14 heteroatoms. The number of hydrogen-bond donors (Lipinski definition) is 4. The number of rotatable bonds is 14. The molecule has 5 aromatic rings. The summed E-state index contributed by atoms with van der Waals surface area (Å²) in [5, 5.41) is 32.0. The largest absolute Gasteiger partial charge is 0.490 e. The molecule has 1 aromatic heterocycles. The molecule has 0 bridgehead atoms. The number of hydrazone groups is 1. The topological polar surface area (TPSA) is 179 Å². The lowest BCUT2D eigenvalue weighted by Gasteiger charge is -2.28. The van der Waals surface area contributed by atoms with E-state index in [4.69, 9.17) is 14.2 Å². The number of nitro benzene ring substituents is 1. The van der Waals surface area contributed by atoms with Crippen molar-refractivity contribution in [2.75, 3.05) is 20.3 Å². The maximum absolute atomic E-state index is 12.6. The van der Waals surface area contributed by atoms with Crippen LogP contribution in [-0.2, 0) is 9.53 Å². The van der Waals surface area contributed by atoms with E-state index >= 15 is 0 Å². The maximum Gasteiger partial charge on any atom is 0.337 e. The van der Waals surface area contributed by atoms with E-state index in [0.717, 1.165) is 22.5 Å². The highest BCUT2D eigenvalue weighted by Crippen LogP contribution is 2.37. The molecule has 0 aliphatic carbocycles. The lowest BCUT2D eigenvalue weighted by molar-refractivity contribution is -0.384. The Bertz CT molecular complexity index is 2200. The molecule has 0 saturated heterocycles. The van der Waals surface area contributed by atoms with Crippen LogP contribution in [0.3, 0.4) is 0 Å². The first-order chi connectivity index (χ1) is 26.2. The standard InChI is InChI=1S/C40H38N6O8/c1-4-53-34-22-28(37-36(39(48)52-3)25(2)42-40(49)43-37)15-20-33(34)54-24-35(47)44-41-23-29-21-32(26-11-7-5-8-12-26)45(38(29)27-13-9-6-10-14-27)30-16-18-31(19-17-30)46(50)51/h5-23,35,37,44,47H,4,24H2,1-3H3,(H2,42,43,49)/b41-23+/t35-,37-/m0/s1. The molecule has 2 heterocycles. The number of nitro groups is 1. The maximum atomic E-state index is 12.6. The van der Waals surface area contributed by atoms with Gasteiger partial charge in [-0.2, -0.15) is 5.10 Å². The molecule has 0 spiro atoms. The summed E-state index contributed by atoms with van der Waals surface area (Å²) in [5.41, 5.74) is 8.73. The SMILES string of the molecule is CCOc1cc([C@@H]2NC(=O)NC(C)=C2C(=O)OC)ccc1OC[C@H](O)N/N=C/c1cc(-c2ccccc2)n(-c2ccc([N+](=O)[O-])cc2)c1-c1ccccc1. The van der Waals surface area contributed by atoms with E-state index in [0.29, 0.717) is 40.6 Å². The normalized spacial score (nSPS) is 14.6. The molecular formula is C40H38N6O8. The second-order valence-electron chi connectivity index (χ2n) is 12.1. The second kappa shape index (κ2) is 16.6. The van der Waals surface area contributed by atoms with Gasteiger partial charge in [0.25, 0.3) is 5.69 Å². The number of aromatic nitrogens is 1. The highest BCUT2D eigenvalue weighted by molar-refractivity contribution is 5.95. The number of methoxy groups -OCH3 is 1. The molecule has 2 amide bonds. The average Bonchev–Trinajstić information content (AvgIpc) is 3.57. The lowest BCUT2D eigenvalue weighted by Crippen LogP contribution is -2.45. The van der Waals surface area contributed by atoms with Crippen LogP contribution in [-0.4, -0.2) is 59.4 Å². The van der Waals surface area contributed by atoms with Crippen molar-refractivity contribution in [3.8, 4) is 39.7 Å². The first kappa shape index (κ1) is 36.8. The van der Waals surface area contributed by atoms with Crippen molar-refractivity contribution in [1.82, 2.24) is 20.6 Å². The van der Waals surface area contributed by atoms with Gasteiger partial charge in [-0.05, 0) is 60.9 Å². The van der Waals surface area contributed by atoms with Gasteiger partial charge in [-0.1, -0.05) is 66.7 Å². The predicted octanol–water partition coefficient (Wildman–Crippen LogP) is 6.24. The Labute approximate surface area is 310 Å². The summed E-state index contributed by atoms with van der Waals surface area (Å²) in [6, 6.07) is 31.5. The first-order valence-electron chi connectivity index (χ1n) is 17.0. The monoisotopic (exact) mass is 730 g/mol. The van der Waals surface area contributed by atoms with E-state index in [2.05, 4.69) is 21.2 Å². The van der Waals surface area contributed by atoms with E-state index in [1.54, 1.807) is 50.4 Å². The smallest absolute Gasteiger partial charge is 0.337 e. The molecule has 4 aromatic carbocycles. The van der Waals surface area contributed by atoms with E-state index in [1.165, 1.54) is 19.2 Å². The van der Waals surface area contributed by atoms with Crippen LogP contribution in [0.2, 0.25) is 0 Å². The number of carbonyl (C=O) groups excluding carboxylic acids is 2. The van der Waals surface area contributed by atoms with Crippen LogP contribution in [0.25, 0.3) is 28.2 Å². The molecule has 1 aliphatic heterocycles. The van der Waals surface area contributed by atoms with E-state index < -0.39 is 29.2 Å². The fraction of sp³-hybridized carbons (Fsp3) is 0.175. The minimum atomic E-state index is -1.24. The summed E-state index contributed by atoms with van der Waals surface area (Å²) in [6.45, 7) is 3.52. The average molecular weight is 731 g/mol. The fourth-order valence-corrected chi connectivity index (χ4v) is 6.15. The summed E-state index contributed by atoms with van der Waals surface area (Å²) in [5.74, 6) is 0.0760. The van der Waals surface area contributed by atoms with Gasteiger partial charge in [0.15, 0.2) is 17.7 Å². The number of amides is 2. The summed E-state index contributed by atoms with van der Waals surface area (Å²) in [4.78, 5) is 35.8. The summed E-state index contributed by atoms with van der Waals surface area (Å²) < 4.78 is 18.7. The van der Waals surface area contributed by atoms with Crippen LogP contribution in [0.1, 0.15) is 31.0 Å². The molecular weight excluding hydrogens is 692 g/mol. The van der Waals surface area contributed by atoms with Crippen molar-refractivity contribution < 1.29 is 33.8 Å². The first-order valence-corrected chi connectivity index (χ1v) is 17.0. The molecule has 6 rings (SSSR count). The Hall–Kier alpha value is -6.93. The van der Waals surface area contributed by atoms with Crippen molar-refractivity contribution in [3.63, 3.8) is 0 Å². The highest BCUT2D eigenvalue weighted by Gasteiger charge is 2.32. The number of nitrogens with one attached hydrogen (secondary N) is 3. The zero-order valence-electron chi connectivity index (χ0n) is 29.7. The molecule has 14 nitrogen and oxygen atoms in total. The molecule has 0 saturated carbocycles. The number of aliphatic hydroxyl groups excluding tert-OH is 1. The van der Waals surface area contributed by atoms with Gasteiger partial charge in [0.1, 0.15) is 6.61 Å².